The molecule has 5 nitrogen and oxygen atoms in total. The van der Waals surface area contributed by atoms with Crippen molar-refractivity contribution in [3.8, 4) is 0 Å². The van der Waals surface area contributed by atoms with Gasteiger partial charge in [-0.1, -0.05) is 18.2 Å². The number of nitrogens with one attached hydrogen (secondary N) is 1. The Morgan fingerprint density at radius 2 is 2.07 bits per heavy atom. The second-order valence-electron chi connectivity index (χ2n) is 7.42. The third kappa shape index (κ3) is 6.24. The van der Waals surface area contributed by atoms with Crippen LogP contribution in [0, 0.1) is 5.82 Å². The molecule has 1 aliphatic heterocycles. The van der Waals surface area contributed by atoms with Gasteiger partial charge in [-0.25, -0.2) is 9.18 Å². The highest BCUT2D eigenvalue weighted by Gasteiger charge is 2.24. The predicted molar refractivity (Wildman–Crippen MR) is 105 cm³/mol. The van der Waals surface area contributed by atoms with Gasteiger partial charge in [-0.3, -0.25) is 4.79 Å². The summed E-state index contributed by atoms with van der Waals surface area (Å²) in [6, 6.07) is 4.67. The molecule has 0 fully saturated rings. The normalized spacial score (nSPS) is 14.9. The first-order valence-electron chi connectivity index (χ1n) is 9.07. The fraction of sp³-hybridized carbons (Fsp3) is 0.429. The second kappa shape index (κ2) is 8.84. The van der Waals surface area contributed by atoms with Gasteiger partial charge in [0.15, 0.2) is 0 Å². The monoisotopic (exact) mass is 374 g/mol. The number of carbonyl (C=O) groups is 2. The van der Waals surface area contributed by atoms with Crippen LogP contribution in [0.3, 0.4) is 0 Å². The molecule has 0 aliphatic carbocycles. The smallest absolute Gasteiger partial charge is 0.410 e. The maximum absolute atomic E-state index is 14.5. The Hall–Kier alpha value is -2.63. The van der Waals surface area contributed by atoms with Crippen molar-refractivity contribution in [1.82, 2.24) is 4.90 Å². The van der Waals surface area contributed by atoms with E-state index in [1.165, 1.54) is 6.07 Å². The summed E-state index contributed by atoms with van der Waals surface area (Å²) < 4.78 is 19.9. The molecule has 0 unspecified atom stereocenters. The van der Waals surface area contributed by atoms with E-state index < -0.39 is 11.4 Å². The third-order valence-electron chi connectivity index (χ3n) is 4.00. The molecule has 0 saturated heterocycles. The average Bonchev–Trinajstić information content (AvgIpc) is 2.59. The number of allylic oxidation sites excluding steroid dienone is 1. The molecular weight excluding hydrogens is 347 g/mol. The minimum absolute atomic E-state index is 0.190. The molecule has 1 N–H and O–H groups in total. The van der Waals surface area contributed by atoms with E-state index >= 15 is 0 Å². The van der Waals surface area contributed by atoms with Crippen molar-refractivity contribution < 1.29 is 18.7 Å². The van der Waals surface area contributed by atoms with Crippen LogP contribution in [0.25, 0.3) is 5.57 Å². The fourth-order valence-corrected chi connectivity index (χ4v) is 2.70. The van der Waals surface area contributed by atoms with Gasteiger partial charge in [-0.2, -0.15) is 0 Å². The number of carbonyl (C=O) groups excluding carboxylic acids is 2. The van der Waals surface area contributed by atoms with E-state index in [9.17, 15) is 14.0 Å². The molecule has 1 aromatic rings. The van der Waals surface area contributed by atoms with E-state index in [1.54, 1.807) is 29.2 Å². The van der Waals surface area contributed by atoms with Crippen LogP contribution >= 0.6 is 0 Å². The van der Waals surface area contributed by atoms with Crippen LogP contribution in [0.2, 0.25) is 0 Å². The molecule has 2 amide bonds. The van der Waals surface area contributed by atoms with Gasteiger partial charge in [0.1, 0.15) is 11.4 Å². The molecule has 2 rings (SSSR count). The lowest BCUT2D eigenvalue weighted by atomic mass is 9.98. The first-order valence-corrected chi connectivity index (χ1v) is 9.07. The maximum atomic E-state index is 14.5. The molecule has 1 aromatic carbocycles. The zero-order valence-electron chi connectivity index (χ0n) is 16.3. The predicted octanol–water partition coefficient (Wildman–Crippen LogP) is 4.75. The van der Waals surface area contributed by atoms with Gasteiger partial charge in [0.25, 0.3) is 0 Å². The Morgan fingerprint density at radius 1 is 1.33 bits per heavy atom. The molecule has 0 spiro atoms. The van der Waals surface area contributed by atoms with Crippen molar-refractivity contribution in [2.45, 2.75) is 46.1 Å². The minimum Gasteiger partial charge on any atom is -0.444 e. The van der Waals surface area contributed by atoms with Crippen LogP contribution in [0.5, 0.6) is 0 Å². The van der Waals surface area contributed by atoms with Crippen molar-refractivity contribution in [2.24, 2.45) is 0 Å². The van der Waals surface area contributed by atoms with Crippen molar-refractivity contribution in [1.29, 1.82) is 0 Å². The molecule has 0 saturated carbocycles. The van der Waals surface area contributed by atoms with Gasteiger partial charge in [0, 0.05) is 30.8 Å². The lowest BCUT2D eigenvalue weighted by Gasteiger charge is -2.29. The summed E-state index contributed by atoms with van der Waals surface area (Å²) in [5.41, 5.74) is 1.22. The lowest BCUT2D eigenvalue weighted by molar-refractivity contribution is -0.115. The van der Waals surface area contributed by atoms with Crippen LogP contribution in [-0.4, -0.2) is 35.6 Å². The highest BCUT2D eigenvalue weighted by atomic mass is 19.1. The van der Waals surface area contributed by atoms with E-state index in [2.05, 4.69) is 5.32 Å². The Labute approximate surface area is 159 Å². The Morgan fingerprint density at radius 3 is 2.63 bits per heavy atom. The number of hydrogen-bond acceptors (Lipinski definition) is 3. The SMILES string of the molecule is C/C=C\CC(=O)Nc1ccc(C2=CCN(C(=O)OC(C)(C)C)CC2)c(F)c1. The first kappa shape index (κ1) is 20.7. The summed E-state index contributed by atoms with van der Waals surface area (Å²) in [5.74, 6) is -0.582. The molecular formula is C21H27FN2O3. The molecule has 6 heteroatoms. The van der Waals surface area contributed by atoms with Crippen molar-refractivity contribution in [3.05, 3.63) is 47.8 Å². The van der Waals surface area contributed by atoms with Crippen molar-refractivity contribution in [3.63, 3.8) is 0 Å². The van der Waals surface area contributed by atoms with Gasteiger partial charge in [0.2, 0.25) is 5.91 Å². The fourth-order valence-electron chi connectivity index (χ4n) is 2.70. The van der Waals surface area contributed by atoms with Gasteiger partial charge < -0.3 is 15.0 Å². The largest absolute Gasteiger partial charge is 0.444 e. The third-order valence-corrected chi connectivity index (χ3v) is 4.00. The van der Waals surface area contributed by atoms with Crippen molar-refractivity contribution in [2.75, 3.05) is 18.4 Å². The van der Waals surface area contributed by atoms with Crippen LogP contribution < -0.4 is 5.32 Å². The molecule has 0 aromatic heterocycles. The Bertz CT molecular complexity index is 763. The molecule has 27 heavy (non-hydrogen) atoms. The molecule has 146 valence electrons. The number of nitrogens with zero attached hydrogens (tertiary/aromatic N) is 1. The van der Waals surface area contributed by atoms with Crippen LogP contribution in [0.15, 0.2) is 36.4 Å². The standard InChI is InChI=1S/C21H27FN2O3/c1-5-6-7-19(25)23-16-8-9-17(18(22)14-16)15-10-12-24(13-11-15)20(26)27-21(2,3)4/h5-6,8-10,14H,7,11-13H2,1-4H3,(H,23,25)/b6-5-. The number of benzene rings is 1. The first-order chi connectivity index (χ1) is 12.7. The second-order valence-corrected chi connectivity index (χ2v) is 7.42. The summed E-state index contributed by atoms with van der Waals surface area (Å²) in [7, 11) is 0. The number of rotatable bonds is 4. The highest BCUT2D eigenvalue weighted by Crippen LogP contribution is 2.27. The van der Waals surface area contributed by atoms with Gasteiger partial charge in [0.05, 0.1) is 0 Å². The number of halogens is 1. The van der Waals surface area contributed by atoms with E-state index in [1.807, 2.05) is 33.8 Å². The van der Waals surface area contributed by atoms with Crippen LogP contribution in [0.4, 0.5) is 14.9 Å². The average molecular weight is 374 g/mol. The molecule has 0 bridgehead atoms. The lowest BCUT2D eigenvalue weighted by Crippen LogP contribution is -2.39. The number of anilines is 1. The van der Waals surface area contributed by atoms with Gasteiger partial charge >= 0.3 is 6.09 Å². The molecule has 0 atom stereocenters. The van der Waals surface area contributed by atoms with Gasteiger partial charge in [-0.15, -0.1) is 0 Å². The summed E-state index contributed by atoms with van der Waals surface area (Å²) in [4.78, 5) is 25.4. The quantitative estimate of drug-likeness (QED) is 0.774. The number of hydrogen-bond donors (Lipinski definition) is 1. The Kier molecular flexibility index (Phi) is 6.77. The number of ether oxygens (including phenoxy) is 1. The summed E-state index contributed by atoms with van der Waals surface area (Å²) >= 11 is 0. The van der Waals surface area contributed by atoms with E-state index in [0.29, 0.717) is 30.8 Å². The minimum atomic E-state index is -0.541. The topological polar surface area (TPSA) is 58.6 Å². The Balaban J connectivity index is 2.02. The van der Waals surface area contributed by atoms with E-state index in [0.717, 1.165) is 5.57 Å². The van der Waals surface area contributed by atoms with Crippen LogP contribution in [0.1, 0.15) is 46.1 Å². The highest BCUT2D eigenvalue weighted by molar-refractivity contribution is 5.91. The number of amides is 2. The van der Waals surface area contributed by atoms with E-state index in [-0.39, 0.29) is 18.4 Å². The van der Waals surface area contributed by atoms with Gasteiger partial charge in [-0.05, 0) is 57.9 Å². The summed E-state index contributed by atoms with van der Waals surface area (Å²) in [6.45, 7) is 8.16. The maximum Gasteiger partial charge on any atom is 0.410 e. The molecule has 0 radical (unpaired) electrons. The zero-order valence-corrected chi connectivity index (χ0v) is 16.3. The molecule has 1 heterocycles. The summed E-state index contributed by atoms with van der Waals surface area (Å²) in [6.07, 6.45) is 5.81. The summed E-state index contributed by atoms with van der Waals surface area (Å²) in [5, 5.41) is 2.67. The van der Waals surface area contributed by atoms with E-state index in [4.69, 9.17) is 4.74 Å². The van der Waals surface area contributed by atoms with Crippen LogP contribution in [-0.2, 0) is 9.53 Å². The zero-order chi connectivity index (χ0) is 20.0. The molecule has 1 aliphatic rings. The van der Waals surface area contributed by atoms with Crippen molar-refractivity contribution >= 4 is 23.3 Å².